The van der Waals surface area contributed by atoms with Gasteiger partial charge in [0.05, 0.1) is 12.8 Å². The van der Waals surface area contributed by atoms with Crippen LogP contribution in [0.1, 0.15) is 38.2 Å². The SMILES string of the molecule is CCNC(=NCCNC(=O)c1ccco1)NC(C)(C)C.I. The molecule has 1 rings (SSSR count). The van der Waals surface area contributed by atoms with E-state index < -0.39 is 0 Å². The molecule has 0 spiro atoms. The number of nitrogens with one attached hydrogen (secondary N) is 3. The fourth-order valence-electron chi connectivity index (χ4n) is 1.49. The summed E-state index contributed by atoms with van der Waals surface area (Å²) in [5.41, 5.74) is -0.0571. The molecule has 0 bridgehead atoms. The minimum atomic E-state index is -0.223. The Bertz CT molecular complexity index is 438. The van der Waals surface area contributed by atoms with Crippen LogP contribution in [0.5, 0.6) is 0 Å². The van der Waals surface area contributed by atoms with E-state index in [4.69, 9.17) is 4.42 Å². The first-order valence-electron chi connectivity index (χ1n) is 6.80. The molecule has 0 saturated carbocycles. The van der Waals surface area contributed by atoms with Gasteiger partial charge in [-0.25, -0.2) is 0 Å². The molecular formula is C14H25IN4O2. The van der Waals surface area contributed by atoms with Crippen molar-refractivity contribution in [1.29, 1.82) is 0 Å². The Morgan fingerprint density at radius 3 is 2.57 bits per heavy atom. The largest absolute Gasteiger partial charge is 0.459 e. The van der Waals surface area contributed by atoms with Crippen LogP contribution in [0.3, 0.4) is 0 Å². The molecule has 0 saturated heterocycles. The molecule has 1 heterocycles. The van der Waals surface area contributed by atoms with E-state index in [1.165, 1.54) is 6.26 Å². The van der Waals surface area contributed by atoms with Crippen LogP contribution in [-0.2, 0) is 0 Å². The number of hydrogen-bond acceptors (Lipinski definition) is 3. The van der Waals surface area contributed by atoms with E-state index in [-0.39, 0.29) is 35.4 Å². The van der Waals surface area contributed by atoms with Crippen molar-refractivity contribution in [1.82, 2.24) is 16.0 Å². The molecule has 0 aliphatic carbocycles. The predicted octanol–water partition coefficient (Wildman–Crippen LogP) is 1.98. The van der Waals surface area contributed by atoms with Gasteiger partial charge in [-0.3, -0.25) is 9.79 Å². The maximum atomic E-state index is 11.6. The molecule has 0 fully saturated rings. The number of aliphatic imine (C=N–C) groups is 1. The fourth-order valence-corrected chi connectivity index (χ4v) is 1.49. The van der Waals surface area contributed by atoms with Crippen LogP contribution >= 0.6 is 24.0 Å². The first kappa shape index (κ1) is 19.8. The highest BCUT2D eigenvalue weighted by molar-refractivity contribution is 14.0. The Balaban J connectivity index is 0.00000400. The normalized spacial score (nSPS) is 11.5. The van der Waals surface area contributed by atoms with Gasteiger partial charge in [0.2, 0.25) is 0 Å². The molecule has 0 atom stereocenters. The van der Waals surface area contributed by atoms with Gasteiger partial charge in [-0.05, 0) is 39.8 Å². The van der Waals surface area contributed by atoms with Crippen molar-refractivity contribution in [3.63, 3.8) is 0 Å². The third-order valence-corrected chi connectivity index (χ3v) is 2.25. The second-order valence-corrected chi connectivity index (χ2v) is 5.37. The molecule has 0 aromatic carbocycles. The Labute approximate surface area is 143 Å². The van der Waals surface area contributed by atoms with Gasteiger partial charge in [0.15, 0.2) is 11.7 Å². The number of carbonyl (C=O) groups excluding carboxylic acids is 1. The van der Waals surface area contributed by atoms with Crippen molar-refractivity contribution in [3.05, 3.63) is 24.2 Å². The number of amides is 1. The average molecular weight is 408 g/mol. The van der Waals surface area contributed by atoms with E-state index in [9.17, 15) is 4.79 Å². The molecule has 7 heteroatoms. The summed E-state index contributed by atoms with van der Waals surface area (Å²) in [4.78, 5) is 16.0. The van der Waals surface area contributed by atoms with Crippen molar-refractivity contribution in [2.75, 3.05) is 19.6 Å². The lowest BCUT2D eigenvalue weighted by Crippen LogP contribution is -2.47. The van der Waals surface area contributed by atoms with Crippen molar-refractivity contribution in [2.24, 2.45) is 4.99 Å². The Morgan fingerprint density at radius 2 is 2.05 bits per heavy atom. The van der Waals surface area contributed by atoms with Crippen LogP contribution in [0.25, 0.3) is 0 Å². The molecule has 6 nitrogen and oxygen atoms in total. The molecule has 1 aromatic rings. The monoisotopic (exact) mass is 408 g/mol. The lowest BCUT2D eigenvalue weighted by molar-refractivity contribution is 0.0927. The van der Waals surface area contributed by atoms with Gasteiger partial charge >= 0.3 is 0 Å². The molecule has 0 unspecified atom stereocenters. The number of furan rings is 1. The van der Waals surface area contributed by atoms with E-state index in [0.29, 0.717) is 18.8 Å². The van der Waals surface area contributed by atoms with Crippen LogP contribution in [0, 0.1) is 0 Å². The third kappa shape index (κ3) is 8.59. The van der Waals surface area contributed by atoms with E-state index in [1.807, 2.05) is 6.92 Å². The van der Waals surface area contributed by atoms with Gasteiger partial charge in [-0.1, -0.05) is 0 Å². The number of carbonyl (C=O) groups is 1. The first-order valence-corrected chi connectivity index (χ1v) is 6.80. The summed E-state index contributed by atoms with van der Waals surface area (Å²) in [5, 5.41) is 9.19. The number of nitrogens with zero attached hydrogens (tertiary/aromatic N) is 1. The van der Waals surface area contributed by atoms with Crippen LogP contribution in [0.2, 0.25) is 0 Å². The highest BCUT2D eigenvalue weighted by atomic mass is 127. The zero-order chi connectivity index (χ0) is 15.0. The quantitative estimate of drug-likeness (QED) is 0.301. The molecule has 3 N–H and O–H groups in total. The average Bonchev–Trinajstić information content (AvgIpc) is 2.86. The minimum Gasteiger partial charge on any atom is -0.459 e. The topological polar surface area (TPSA) is 78.7 Å². The molecule has 120 valence electrons. The molecule has 21 heavy (non-hydrogen) atoms. The van der Waals surface area contributed by atoms with Crippen molar-refractivity contribution >= 4 is 35.8 Å². The van der Waals surface area contributed by atoms with Gasteiger partial charge in [0, 0.05) is 18.6 Å². The fraction of sp³-hybridized carbons (Fsp3) is 0.571. The van der Waals surface area contributed by atoms with Gasteiger partial charge in [-0.15, -0.1) is 24.0 Å². The van der Waals surface area contributed by atoms with Crippen LogP contribution in [-0.4, -0.2) is 37.0 Å². The lowest BCUT2D eigenvalue weighted by Gasteiger charge is -2.23. The highest BCUT2D eigenvalue weighted by Gasteiger charge is 2.11. The minimum absolute atomic E-state index is 0. The Morgan fingerprint density at radius 1 is 1.33 bits per heavy atom. The summed E-state index contributed by atoms with van der Waals surface area (Å²) in [6.07, 6.45) is 1.48. The Hall–Kier alpha value is -1.25. The summed E-state index contributed by atoms with van der Waals surface area (Å²) < 4.78 is 5.01. The van der Waals surface area contributed by atoms with Gasteiger partial charge in [0.25, 0.3) is 5.91 Å². The summed E-state index contributed by atoms with van der Waals surface area (Å²) in [6, 6.07) is 3.31. The first-order chi connectivity index (χ1) is 9.42. The second-order valence-electron chi connectivity index (χ2n) is 5.37. The number of guanidine groups is 1. The van der Waals surface area contributed by atoms with E-state index in [0.717, 1.165) is 12.5 Å². The van der Waals surface area contributed by atoms with E-state index in [1.54, 1.807) is 12.1 Å². The van der Waals surface area contributed by atoms with E-state index >= 15 is 0 Å². The lowest BCUT2D eigenvalue weighted by atomic mass is 10.1. The number of hydrogen-bond donors (Lipinski definition) is 3. The molecule has 1 amide bonds. The summed E-state index contributed by atoms with van der Waals surface area (Å²) >= 11 is 0. The van der Waals surface area contributed by atoms with Gasteiger partial charge in [0.1, 0.15) is 0 Å². The summed E-state index contributed by atoms with van der Waals surface area (Å²) in [7, 11) is 0. The van der Waals surface area contributed by atoms with E-state index in [2.05, 4.69) is 41.7 Å². The smallest absolute Gasteiger partial charge is 0.287 e. The standard InChI is InChI=1S/C14H24N4O2.HI/c1-5-15-13(18-14(2,3)4)17-9-8-16-12(19)11-7-6-10-20-11;/h6-7,10H,5,8-9H2,1-4H3,(H,16,19)(H2,15,17,18);1H. The molecule has 1 aromatic heterocycles. The van der Waals surface area contributed by atoms with Crippen LogP contribution in [0.15, 0.2) is 27.8 Å². The van der Waals surface area contributed by atoms with Gasteiger partial charge < -0.3 is 20.4 Å². The van der Waals surface area contributed by atoms with Crippen molar-refractivity contribution < 1.29 is 9.21 Å². The maximum absolute atomic E-state index is 11.6. The van der Waals surface area contributed by atoms with Crippen molar-refractivity contribution in [2.45, 2.75) is 33.2 Å². The zero-order valence-corrected chi connectivity index (χ0v) is 15.4. The zero-order valence-electron chi connectivity index (χ0n) is 13.0. The summed E-state index contributed by atoms with van der Waals surface area (Å²) in [6.45, 7) is 9.97. The van der Waals surface area contributed by atoms with Gasteiger partial charge in [-0.2, -0.15) is 0 Å². The molecule has 0 aliphatic heterocycles. The molecule has 0 aliphatic rings. The molecule has 0 radical (unpaired) electrons. The van der Waals surface area contributed by atoms with Crippen LogP contribution in [0.4, 0.5) is 0 Å². The highest BCUT2D eigenvalue weighted by Crippen LogP contribution is 1.99. The maximum Gasteiger partial charge on any atom is 0.287 e. The summed E-state index contributed by atoms with van der Waals surface area (Å²) in [5.74, 6) is 0.833. The second kappa shape index (κ2) is 9.64. The van der Waals surface area contributed by atoms with Crippen molar-refractivity contribution in [3.8, 4) is 0 Å². The third-order valence-electron chi connectivity index (χ3n) is 2.25. The number of halogens is 1. The Kier molecular flexibility index (Phi) is 9.07. The van der Waals surface area contributed by atoms with Crippen LogP contribution < -0.4 is 16.0 Å². The number of rotatable bonds is 5. The predicted molar refractivity (Wildman–Crippen MR) is 95.3 cm³/mol. The molecular weight excluding hydrogens is 383 g/mol.